The quantitative estimate of drug-likeness (QED) is 0.187. The Morgan fingerprint density at radius 3 is 2.21 bits per heavy atom. The third-order valence-electron chi connectivity index (χ3n) is 5.81. The Bertz CT molecular complexity index is 1240. The first kappa shape index (κ1) is 29.2. The Kier molecular flexibility index (Phi) is 8.56. The third-order valence-corrected chi connectivity index (χ3v) is 6.17. The summed E-state index contributed by atoms with van der Waals surface area (Å²) in [6.45, 7) is 1.41. The van der Waals surface area contributed by atoms with Crippen LogP contribution in [0.5, 0.6) is 5.75 Å². The molecule has 7 nitrogen and oxygen atoms in total. The number of ether oxygens (including phenoxy) is 1. The van der Waals surface area contributed by atoms with Crippen molar-refractivity contribution >= 4 is 28.7 Å². The number of nitrogens with one attached hydrogen (secondary N) is 2. The molecular formula is C24H22F6N2O5S. The SMILES string of the molecule is Cc1ccc(C2=C(C(=O)NS(=O)O)C(=O)N[C@@](c3ccc(OCCCC(F)(F)F)cc3)(C(F)(F)F)C2)cc1. The molecule has 1 unspecified atom stereocenters. The molecule has 0 saturated heterocycles. The summed E-state index contributed by atoms with van der Waals surface area (Å²) in [5, 5.41) is 1.86. The molecule has 0 fully saturated rings. The minimum Gasteiger partial charge on any atom is -0.494 e. The molecule has 1 aliphatic heterocycles. The molecule has 14 heteroatoms. The molecular weight excluding hydrogens is 542 g/mol. The standard InChI is InChI=1S/C24H22F6N2O5S/c1-14-3-5-15(6-4-14)18-13-22(24(28,29)30,31-20(33)19(18)21(34)32-38(35)36)16-7-9-17(10-8-16)37-12-2-11-23(25,26)27/h3-10H,2,11-13H2,1H3,(H,31,33)(H,32,34)(H,35,36)/t22-/m0/s1. The van der Waals surface area contributed by atoms with E-state index in [0.717, 1.165) is 29.8 Å². The van der Waals surface area contributed by atoms with Gasteiger partial charge in [-0.05, 0) is 42.2 Å². The van der Waals surface area contributed by atoms with Gasteiger partial charge in [0.15, 0.2) is 5.54 Å². The maximum absolute atomic E-state index is 14.6. The molecule has 1 heterocycles. The summed E-state index contributed by atoms with van der Waals surface area (Å²) >= 11 is -2.88. The number of amides is 2. The first-order valence-corrected chi connectivity index (χ1v) is 12.1. The van der Waals surface area contributed by atoms with Crippen molar-refractivity contribution in [2.24, 2.45) is 0 Å². The Morgan fingerprint density at radius 1 is 1.08 bits per heavy atom. The van der Waals surface area contributed by atoms with Gasteiger partial charge in [0.1, 0.15) is 11.3 Å². The van der Waals surface area contributed by atoms with Crippen molar-refractivity contribution in [1.29, 1.82) is 0 Å². The van der Waals surface area contributed by atoms with Gasteiger partial charge >= 0.3 is 12.4 Å². The molecule has 1 aliphatic rings. The monoisotopic (exact) mass is 564 g/mol. The fourth-order valence-corrected chi connectivity index (χ4v) is 4.23. The lowest BCUT2D eigenvalue weighted by Gasteiger charge is -2.41. The molecule has 38 heavy (non-hydrogen) atoms. The first-order valence-electron chi connectivity index (χ1n) is 11.0. The fraction of sp³-hybridized carbons (Fsp3) is 0.333. The lowest BCUT2D eigenvalue weighted by Crippen LogP contribution is -2.59. The predicted molar refractivity (Wildman–Crippen MR) is 125 cm³/mol. The largest absolute Gasteiger partial charge is 0.494 e. The van der Waals surface area contributed by atoms with Gasteiger partial charge in [-0.1, -0.05) is 42.0 Å². The van der Waals surface area contributed by atoms with E-state index in [9.17, 15) is 40.1 Å². The van der Waals surface area contributed by atoms with E-state index in [0.29, 0.717) is 0 Å². The molecule has 2 aromatic carbocycles. The van der Waals surface area contributed by atoms with Gasteiger partial charge in [0.2, 0.25) is 0 Å². The van der Waals surface area contributed by atoms with E-state index in [1.807, 2.05) is 5.32 Å². The molecule has 0 spiro atoms. The Morgan fingerprint density at radius 2 is 1.68 bits per heavy atom. The van der Waals surface area contributed by atoms with Crippen molar-refractivity contribution in [1.82, 2.24) is 10.0 Å². The van der Waals surface area contributed by atoms with Gasteiger partial charge in [-0.3, -0.25) is 14.1 Å². The van der Waals surface area contributed by atoms with E-state index in [1.165, 1.54) is 12.1 Å². The fourth-order valence-electron chi connectivity index (χ4n) is 3.97. The first-order chi connectivity index (χ1) is 17.6. The van der Waals surface area contributed by atoms with E-state index < -0.39 is 65.0 Å². The number of carbonyl (C=O) groups is 2. The molecule has 0 saturated carbocycles. The van der Waals surface area contributed by atoms with E-state index >= 15 is 0 Å². The normalized spacial score (nSPS) is 19.1. The highest BCUT2D eigenvalue weighted by Gasteiger charge is 2.60. The summed E-state index contributed by atoms with van der Waals surface area (Å²) in [7, 11) is 0. The second-order valence-corrected chi connectivity index (χ2v) is 9.23. The van der Waals surface area contributed by atoms with E-state index in [2.05, 4.69) is 0 Å². The highest BCUT2D eigenvalue weighted by molar-refractivity contribution is 7.77. The molecule has 3 rings (SSSR count). The zero-order chi connectivity index (χ0) is 28.3. The van der Waals surface area contributed by atoms with Crippen molar-refractivity contribution < 1.29 is 49.4 Å². The summed E-state index contributed by atoms with van der Waals surface area (Å²) in [4.78, 5) is 25.5. The van der Waals surface area contributed by atoms with E-state index in [4.69, 9.17) is 9.29 Å². The number of hydrogen-bond acceptors (Lipinski definition) is 4. The topological polar surface area (TPSA) is 105 Å². The lowest BCUT2D eigenvalue weighted by molar-refractivity contribution is -0.201. The number of aryl methyl sites for hydroxylation is 1. The Balaban J connectivity index is 2.02. The number of benzene rings is 2. The van der Waals surface area contributed by atoms with E-state index in [1.54, 1.807) is 23.8 Å². The number of rotatable bonds is 8. The second-order valence-electron chi connectivity index (χ2n) is 8.53. The number of halogens is 6. The third kappa shape index (κ3) is 6.72. The molecule has 3 N–H and O–H groups in total. The summed E-state index contributed by atoms with van der Waals surface area (Å²) < 4.78 is 108. The maximum Gasteiger partial charge on any atom is 0.416 e. The van der Waals surface area contributed by atoms with Crippen LogP contribution in [0.15, 0.2) is 54.1 Å². The van der Waals surface area contributed by atoms with Gasteiger partial charge in [-0.25, -0.2) is 8.93 Å². The van der Waals surface area contributed by atoms with Crippen LogP contribution in [0.2, 0.25) is 0 Å². The van der Waals surface area contributed by atoms with Gasteiger partial charge in [-0.15, -0.1) is 0 Å². The molecule has 2 amide bonds. The molecule has 0 aliphatic carbocycles. The van der Waals surface area contributed by atoms with Crippen molar-refractivity contribution in [2.45, 2.75) is 44.1 Å². The molecule has 2 aromatic rings. The Hall–Kier alpha value is -3.39. The predicted octanol–water partition coefficient (Wildman–Crippen LogP) is 4.70. The van der Waals surface area contributed by atoms with Crippen LogP contribution >= 0.6 is 0 Å². The van der Waals surface area contributed by atoms with Crippen LogP contribution in [0.1, 0.15) is 36.0 Å². The number of hydrogen-bond donors (Lipinski definition) is 3. The average Bonchev–Trinajstić information content (AvgIpc) is 2.80. The average molecular weight is 565 g/mol. The van der Waals surface area contributed by atoms with Crippen LogP contribution < -0.4 is 14.8 Å². The number of alkyl halides is 6. The van der Waals surface area contributed by atoms with Crippen LogP contribution in [0, 0.1) is 6.92 Å². The lowest BCUT2D eigenvalue weighted by atomic mass is 9.76. The minimum atomic E-state index is -5.07. The van der Waals surface area contributed by atoms with Crippen molar-refractivity contribution in [3.8, 4) is 5.75 Å². The maximum atomic E-state index is 14.6. The van der Waals surface area contributed by atoms with Gasteiger partial charge in [0.25, 0.3) is 23.1 Å². The highest BCUT2D eigenvalue weighted by atomic mass is 32.2. The minimum absolute atomic E-state index is 0.0233. The van der Waals surface area contributed by atoms with Crippen LogP contribution in [-0.2, 0) is 26.4 Å². The summed E-state index contributed by atoms with van der Waals surface area (Å²) in [6, 6.07) is 10.3. The summed E-state index contributed by atoms with van der Waals surface area (Å²) in [5.74, 6) is -2.73. The second kappa shape index (κ2) is 11.2. The Labute approximate surface area is 215 Å². The van der Waals surface area contributed by atoms with Gasteiger partial charge in [0, 0.05) is 12.8 Å². The van der Waals surface area contributed by atoms with Gasteiger partial charge in [-0.2, -0.15) is 26.3 Å². The molecule has 206 valence electrons. The molecule has 0 aromatic heterocycles. The van der Waals surface area contributed by atoms with Crippen molar-refractivity contribution in [2.75, 3.05) is 6.61 Å². The van der Waals surface area contributed by atoms with Crippen LogP contribution in [-0.4, -0.2) is 39.5 Å². The van der Waals surface area contributed by atoms with Gasteiger partial charge in [0.05, 0.1) is 6.61 Å². The van der Waals surface area contributed by atoms with Crippen molar-refractivity contribution in [3.05, 3.63) is 70.8 Å². The smallest absolute Gasteiger partial charge is 0.416 e. The molecule has 0 bridgehead atoms. The van der Waals surface area contributed by atoms with Crippen LogP contribution in [0.4, 0.5) is 26.3 Å². The zero-order valence-electron chi connectivity index (χ0n) is 19.7. The number of carbonyl (C=O) groups excluding carboxylic acids is 2. The summed E-state index contributed by atoms with van der Waals surface area (Å²) in [6.07, 6.45) is -11.8. The van der Waals surface area contributed by atoms with Crippen molar-refractivity contribution in [3.63, 3.8) is 0 Å². The molecule has 0 radical (unpaired) electrons. The zero-order valence-corrected chi connectivity index (χ0v) is 20.5. The molecule has 2 atom stereocenters. The van der Waals surface area contributed by atoms with Crippen LogP contribution in [0.3, 0.4) is 0 Å². The highest BCUT2D eigenvalue weighted by Crippen LogP contribution is 2.48. The van der Waals surface area contributed by atoms with Gasteiger partial charge < -0.3 is 10.1 Å². The van der Waals surface area contributed by atoms with E-state index in [-0.39, 0.29) is 29.9 Å². The van der Waals surface area contributed by atoms with Crippen LogP contribution in [0.25, 0.3) is 5.57 Å². The summed E-state index contributed by atoms with van der Waals surface area (Å²) in [5.41, 5.74) is -3.60.